The van der Waals surface area contributed by atoms with Crippen molar-refractivity contribution in [2.45, 2.75) is 83.2 Å². The van der Waals surface area contributed by atoms with E-state index in [2.05, 4.69) is 79.5 Å². The number of non-ortho nitro benzene ring substituents is 1. The first-order valence-corrected chi connectivity index (χ1v) is 16.6. The highest BCUT2D eigenvalue weighted by Gasteiger charge is 2.54. The maximum Gasteiger partial charge on any atom is 0.335 e. The Bertz CT molecular complexity index is 1630. The number of hydrogen-bond donors (Lipinski definition) is 2. The lowest BCUT2D eigenvalue weighted by atomic mass is 9.69. The summed E-state index contributed by atoms with van der Waals surface area (Å²) >= 11 is 0. The van der Waals surface area contributed by atoms with Gasteiger partial charge in [0.15, 0.2) is 0 Å². The van der Waals surface area contributed by atoms with Gasteiger partial charge in [-0.05, 0) is 68.8 Å². The number of hydrogen-bond acceptors (Lipinski definition) is 7. The molecule has 2 unspecified atom stereocenters. The van der Waals surface area contributed by atoms with E-state index in [1.54, 1.807) is 19.1 Å². The predicted molar refractivity (Wildman–Crippen MR) is 187 cm³/mol. The zero-order valence-corrected chi connectivity index (χ0v) is 28.7. The molecule has 0 aromatic heterocycles. The van der Waals surface area contributed by atoms with Gasteiger partial charge in [0.2, 0.25) is 0 Å². The second-order valence-electron chi connectivity index (χ2n) is 12.4. The van der Waals surface area contributed by atoms with E-state index in [0.717, 1.165) is 19.4 Å². The van der Waals surface area contributed by atoms with Crippen molar-refractivity contribution < 1.29 is 24.4 Å². The summed E-state index contributed by atoms with van der Waals surface area (Å²) in [5, 5.41) is 26.4. The Labute approximate surface area is 283 Å². The molecule has 0 saturated heterocycles. The third-order valence-electron chi connectivity index (χ3n) is 10.1. The number of nitrogens with one attached hydrogen (secondary N) is 1. The van der Waals surface area contributed by atoms with Crippen LogP contribution >= 0.6 is 0 Å². The number of nitro benzene ring substituents is 1. The molecule has 1 aliphatic rings. The van der Waals surface area contributed by atoms with Crippen molar-refractivity contribution in [1.29, 1.82) is 0 Å². The van der Waals surface area contributed by atoms with Crippen molar-refractivity contribution in [3.63, 3.8) is 0 Å². The molecule has 0 bridgehead atoms. The highest BCUT2D eigenvalue weighted by atomic mass is 16.6. The van der Waals surface area contributed by atoms with Crippen LogP contribution in [0.5, 0.6) is 0 Å². The molecule has 1 aliphatic heterocycles. The third-order valence-corrected chi connectivity index (χ3v) is 10.1. The van der Waals surface area contributed by atoms with Crippen molar-refractivity contribution in [3.05, 3.63) is 135 Å². The van der Waals surface area contributed by atoms with Crippen molar-refractivity contribution in [1.82, 2.24) is 10.2 Å². The van der Waals surface area contributed by atoms with Gasteiger partial charge < -0.3 is 20.1 Å². The Morgan fingerprint density at radius 2 is 1.54 bits per heavy atom. The van der Waals surface area contributed by atoms with Gasteiger partial charge in [-0.3, -0.25) is 14.9 Å². The maximum absolute atomic E-state index is 13.7. The number of esters is 1. The Balaban J connectivity index is 1.78. The molecule has 4 rings (SSSR count). The lowest BCUT2D eigenvalue weighted by Gasteiger charge is -2.53. The Morgan fingerprint density at radius 3 is 2.02 bits per heavy atom. The summed E-state index contributed by atoms with van der Waals surface area (Å²) < 4.78 is 5.23. The average molecular weight is 654 g/mol. The largest absolute Gasteiger partial charge is 0.478 e. The molecular weight excluding hydrogens is 606 g/mol. The first-order valence-electron chi connectivity index (χ1n) is 16.6. The van der Waals surface area contributed by atoms with Crippen molar-refractivity contribution >= 4 is 17.6 Å². The van der Waals surface area contributed by atoms with Crippen molar-refractivity contribution in [2.24, 2.45) is 0 Å². The number of ether oxygens (including phenoxy) is 1. The summed E-state index contributed by atoms with van der Waals surface area (Å²) in [7, 11) is 1.20. The molecule has 9 heteroatoms. The topological polar surface area (TPSA) is 122 Å². The molecule has 0 fully saturated rings. The molecule has 2 atom stereocenters. The summed E-state index contributed by atoms with van der Waals surface area (Å²) in [4.78, 5) is 40.2. The van der Waals surface area contributed by atoms with Crippen LogP contribution in [0.1, 0.15) is 82.9 Å². The van der Waals surface area contributed by atoms with Crippen LogP contribution < -0.4 is 5.32 Å². The van der Waals surface area contributed by atoms with Crippen LogP contribution in [0, 0.1) is 10.1 Å². The molecule has 0 radical (unpaired) electrons. The summed E-state index contributed by atoms with van der Waals surface area (Å²) in [6.45, 7) is 10.7. The molecule has 0 spiro atoms. The number of rotatable bonds is 15. The molecule has 3 aromatic carbocycles. The number of carboxylic acid groups (broad SMARTS) is 1. The van der Waals surface area contributed by atoms with Gasteiger partial charge in [0, 0.05) is 35.5 Å². The maximum atomic E-state index is 13.7. The molecule has 2 N–H and O–H groups in total. The van der Waals surface area contributed by atoms with E-state index in [9.17, 15) is 24.8 Å². The van der Waals surface area contributed by atoms with Crippen LogP contribution in [0.2, 0.25) is 0 Å². The zero-order valence-electron chi connectivity index (χ0n) is 28.7. The number of carboxylic acids is 1. The van der Waals surface area contributed by atoms with Crippen LogP contribution in [0.4, 0.5) is 5.69 Å². The van der Waals surface area contributed by atoms with E-state index in [4.69, 9.17) is 4.74 Å². The van der Waals surface area contributed by atoms with Crippen LogP contribution in [0.3, 0.4) is 0 Å². The number of nitrogens with zero attached hydrogens (tertiary/aromatic N) is 2. The third kappa shape index (κ3) is 6.65. The number of benzene rings is 3. The highest BCUT2D eigenvalue weighted by Crippen LogP contribution is 2.48. The lowest BCUT2D eigenvalue weighted by Crippen LogP contribution is -2.61. The minimum atomic E-state index is -1.89. The minimum absolute atomic E-state index is 0.0449. The van der Waals surface area contributed by atoms with Crippen molar-refractivity contribution in [3.8, 4) is 0 Å². The molecule has 1 heterocycles. The molecule has 48 heavy (non-hydrogen) atoms. The van der Waals surface area contributed by atoms with E-state index >= 15 is 0 Å². The smallest absolute Gasteiger partial charge is 0.335 e. The monoisotopic (exact) mass is 653 g/mol. The molecule has 0 amide bonds. The lowest BCUT2D eigenvalue weighted by molar-refractivity contribution is -0.384. The number of allylic oxidation sites excluding steroid dienone is 2. The fourth-order valence-electron chi connectivity index (χ4n) is 7.88. The Kier molecular flexibility index (Phi) is 11.6. The second-order valence-corrected chi connectivity index (χ2v) is 12.4. The summed E-state index contributed by atoms with van der Waals surface area (Å²) in [5.41, 5.74) is 0.845. The summed E-state index contributed by atoms with van der Waals surface area (Å²) in [6.07, 6.45) is 4.62. The van der Waals surface area contributed by atoms with Gasteiger partial charge >= 0.3 is 11.9 Å². The quantitative estimate of drug-likeness (QED) is 0.0971. The van der Waals surface area contributed by atoms with Crippen LogP contribution in [0.25, 0.3) is 0 Å². The van der Waals surface area contributed by atoms with E-state index in [1.807, 2.05) is 19.1 Å². The minimum Gasteiger partial charge on any atom is -0.478 e. The SMILES string of the molecule is CCC(NCCC(c1ccccc1)c1ccccc1)C(CC)(CC)N1C(C)=CC(C(=O)OC)(c2cccc([N+](=O)[O-])c2)C(C(=O)O)=C1C. The summed E-state index contributed by atoms with van der Waals surface area (Å²) in [5.74, 6) is -1.92. The molecule has 0 saturated carbocycles. The fourth-order valence-corrected chi connectivity index (χ4v) is 7.88. The number of aliphatic carboxylic acids is 1. The molecule has 3 aromatic rings. The zero-order chi connectivity index (χ0) is 35.1. The average Bonchev–Trinajstić information content (AvgIpc) is 3.10. The Morgan fingerprint density at radius 1 is 0.958 bits per heavy atom. The Hall–Kier alpha value is -4.76. The first kappa shape index (κ1) is 36.1. The fraction of sp³-hybridized carbons (Fsp3) is 0.385. The van der Waals surface area contributed by atoms with Crippen LogP contribution in [0.15, 0.2) is 108 Å². The van der Waals surface area contributed by atoms with E-state index < -0.39 is 27.8 Å². The van der Waals surface area contributed by atoms with Gasteiger partial charge in [-0.1, -0.05) is 93.6 Å². The van der Waals surface area contributed by atoms with E-state index in [1.165, 1.54) is 36.4 Å². The van der Waals surface area contributed by atoms with Gasteiger partial charge in [-0.2, -0.15) is 0 Å². The summed E-state index contributed by atoms with van der Waals surface area (Å²) in [6, 6.07) is 26.5. The van der Waals surface area contributed by atoms with E-state index in [-0.39, 0.29) is 28.8 Å². The van der Waals surface area contributed by atoms with Crippen LogP contribution in [-0.4, -0.2) is 52.1 Å². The normalized spacial score (nSPS) is 17.2. The number of carbonyl (C=O) groups excluding carboxylic acids is 1. The van der Waals surface area contributed by atoms with Crippen molar-refractivity contribution in [2.75, 3.05) is 13.7 Å². The number of carbonyl (C=O) groups is 2. The number of methoxy groups -OCH3 is 1. The first-order chi connectivity index (χ1) is 23.0. The molecular formula is C39H47N3O6. The molecule has 9 nitrogen and oxygen atoms in total. The predicted octanol–water partition coefficient (Wildman–Crippen LogP) is 7.73. The van der Waals surface area contributed by atoms with Gasteiger partial charge in [0.25, 0.3) is 5.69 Å². The standard InChI is InChI=1S/C39H47N3O6/c1-7-34(40-24-23-33(29-17-12-10-13-18-29)30-19-14-11-15-20-30)38(8-2,9-3)41-27(4)26-39(37(45)48-6,35(28(41)5)36(43)44)31-21-16-22-32(25-31)42(46)47/h10-22,25-26,33-34,40H,7-9,23-24H2,1-6H3,(H,43,44). The van der Waals surface area contributed by atoms with Gasteiger partial charge in [0.1, 0.15) is 5.41 Å². The number of nitro groups is 1. The van der Waals surface area contributed by atoms with Gasteiger partial charge in [0.05, 0.1) is 23.1 Å². The van der Waals surface area contributed by atoms with Gasteiger partial charge in [-0.15, -0.1) is 0 Å². The molecule has 254 valence electrons. The van der Waals surface area contributed by atoms with Crippen LogP contribution in [-0.2, 0) is 19.7 Å². The van der Waals surface area contributed by atoms with Gasteiger partial charge in [-0.25, -0.2) is 4.79 Å². The van der Waals surface area contributed by atoms with E-state index in [0.29, 0.717) is 24.2 Å². The molecule has 0 aliphatic carbocycles. The highest BCUT2D eigenvalue weighted by molar-refractivity contribution is 6.04. The second kappa shape index (κ2) is 15.4.